The van der Waals surface area contributed by atoms with Crippen LogP contribution >= 0.6 is 0 Å². The normalized spacial score (nSPS) is 10.2. The Morgan fingerprint density at radius 3 is 2.80 bits per heavy atom. The summed E-state index contributed by atoms with van der Waals surface area (Å²) in [5.41, 5.74) is 0.477. The van der Waals surface area contributed by atoms with Crippen LogP contribution in [0.5, 0.6) is 0 Å². The van der Waals surface area contributed by atoms with Crippen molar-refractivity contribution in [3.8, 4) is 0 Å². The van der Waals surface area contributed by atoms with E-state index in [4.69, 9.17) is 9.63 Å². The van der Waals surface area contributed by atoms with E-state index in [1.165, 1.54) is 12.1 Å². The van der Waals surface area contributed by atoms with Crippen molar-refractivity contribution < 1.29 is 19.3 Å². The van der Waals surface area contributed by atoms with Gasteiger partial charge in [0.15, 0.2) is 5.76 Å². The van der Waals surface area contributed by atoms with E-state index in [0.717, 1.165) is 6.07 Å². The van der Waals surface area contributed by atoms with Gasteiger partial charge in [-0.2, -0.15) is 0 Å². The maximum absolute atomic E-state index is 10.9. The standard InChI is InChI=1S/C12H11N3O5/c1-7-4-9(20-14-7)6-13-10-3-2-8(12(16)17)5-11(10)15(18)19/h2-5,13H,6H2,1H3,(H,16,17). The van der Waals surface area contributed by atoms with Gasteiger partial charge in [0.2, 0.25) is 0 Å². The lowest BCUT2D eigenvalue weighted by Crippen LogP contribution is -2.04. The molecule has 8 heteroatoms. The van der Waals surface area contributed by atoms with E-state index in [1.54, 1.807) is 13.0 Å². The molecule has 0 atom stereocenters. The van der Waals surface area contributed by atoms with Crippen LogP contribution in [-0.4, -0.2) is 21.2 Å². The summed E-state index contributed by atoms with van der Waals surface area (Å²) in [5.74, 6) is -0.690. The van der Waals surface area contributed by atoms with Gasteiger partial charge >= 0.3 is 5.97 Å². The van der Waals surface area contributed by atoms with Crippen molar-refractivity contribution in [1.82, 2.24) is 5.16 Å². The molecule has 0 radical (unpaired) electrons. The molecule has 0 saturated heterocycles. The summed E-state index contributed by atoms with van der Waals surface area (Å²) in [6.07, 6.45) is 0. The molecule has 0 unspecified atom stereocenters. The fourth-order valence-corrected chi connectivity index (χ4v) is 1.65. The summed E-state index contributed by atoms with van der Waals surface area (Å²) < 4.78 is 4.97. The number of carboxylic acids is 1. The van der Waals surface area contributed by atoms with Gasteiger partial charge < -0.3 is 14.9 Å². The molecule has 1 aromatic heterocycles. The van der Waals surface area contributed by atoms with Gasteiger partial charge in [0.25, 0.3) is 5.69 Å². The van der Waals surface area contributed by atoms with E-state index < -0.39 is 10.9 Å². The van der Waals surface area contributed by atoms with Crippen LogP contribution in [0.2, 0.25) is 0 Å². The molecule has 1 heterocycles. The molecule has 0 bridgehead atoms. The Labute approximate surface area is 113 Å². The Morgan fingerprint density at radius 2 is 2.25 bits per heavy atom. The number of nitrogens with zero attached hydrogens (tertiary/aromatic N) is 2. The third kappa shape index (κ3) is 2.91. The van der Waals surface area contributed by atoms with E-state index in [1.807, 2.05) is 0 Å². The number of nitrogens with one attached hydrogen (secondary N) is 1. The fourth-order valence-electron chi connectivity index (χ4n) is 1.65. The first-order chi connectivity index (χ1) is 9.47. The number of aromatic nitrogens is 1. The first-order valence-electron chi connectivity index (χ1n) is 5.65. The number of hydrogen-bond acceptors (Lipinski definition) is 6. The molecular formula is C12H11N3O5. The van der Waals surface area contributed by atoms with Crippen LogP contribution in [0.25, 0.3) is 0 Å². The Balaban J connectivity index is 2.22. The van der Waals surface area contributed by atoms with Gasteiger partial charge in [0.1, 0.15) is 5.69 Å². The second-order valence-corrected chi connectivity index (χ2v) is 4.08. The average Bonchev–Trinajstić information content (AvgIpc) is 2.81. The number of aryl methyl sites for hydroxylation is 1. The maximum Gasteiger partial charge on any atom is 0.335 e. The van der Waals surface area contributed by atoms with Gasteiger partial charge in [-0.25, -0.2) is 4.79 Å². The molecule has 0 fully saturated rings. The van der Waals surface area contributed by atoms with Crippen LogP contribution in [0.4, 0.5) is 11.4 Å². The highest BCUT2D eigenvalue weighted by atomic mass is 16.6. The molecule has 0 aliphatic carbocycles. The largest absolute Gasteiger partial charge is 0.478 e. The predicted molar refractivity (Wildman–Crippen MR) is 68.6 cm³/mol. The van der Waals surface area contributed by atoms with E-state index >= 15 is 0 Å². The van der Waals surface area contributed by atoms with Crippen LogP contribution in [0.1, 0.15) is 21.8 Å². The van der Waals surface area contributed by atoms with Crippen LogP contribution in [0, 0.1) is 17.0 Å². The summed E-state index contributed by atoms with van der Waals surface area (Å²) in [6.45, 7) is 1.98. The molecule has 0 amide bonds. The smallest absolute Gasteiger partial charge is 0.335 e. The van der Waals surface area contributed by atoms with Crippen molar-refractivity contribution in [2.45, 2.75) is 13.5 Å². The average molecular weight is 277 g/mol. The summed E-state index contributed by atoms with van der Waals surface area (Å²) in [5, 5.41) is 26.3. The number of carboxylic acid groups (broad SMARTS) is 1. The molecule has 0 spiro atoms. The van der Waals surface area contributed by atoms with Gasteiger partial charge in [-0.05, 0) is 19.1 Å². The minimum Gasteiger partial charge on any atom is -0.478 e. The molecule has 1 aromatic carbocycles. The summed E-state index contributed by atoms with van der Waals surface area (Å²) >= 11 is 0. The second kappa shape index (κ2) is 5.39. The highest BCUT2D eigenvalue weighted by Crippen LogP contribution is 2.26. The molecule has 0 aliphatic rings. The zero-order valence-corrected chi connectivity index (χ0v) is 10.5. The minimum atomic E-state index is -1.22. The van der Waals surface area contributed by atoms with Crippen molar-refractivity contribution in [3.05, 3.63) is 51.4 Å². The zero-order valence-electron chi connectivity index (χ0n) is 10.5. The van der Waals surface area contributed by atoms with Crippen molar-refractivity contribution in [2.24, 2.45) is 0 Å². The number of aromatic carboxylic acids is 1. The van der Waals surface area contributed by atoms with Crippen LogP contribution in [0.15, 0.2) is 28.8 Å². The monoisotopic (exact) mass is 277 g/mol. The number of carbonyl (C=O) groups is 1. The van der Waals surface area contributed by atoms with E-state index in [9.17, 15) is 14.9 Å². The first kappa shape index (κ1) is 13.5. The Hall–Kier alpha value is -2.90. The second-order valence-electron chi connectivity index (χ2n) is 4.08. The molecule has 0 aliphatic heterocycles. The molecule has 2 N–H and O–H groups in total. The Bertz CT molecular complexity index is 665. The molecular weight excluding hydrogens is 266 g/mol. The van der Waals surface area contributed by atoms with Crippen molar-refractivity contribution in [1.29, 1.82) is 0 Å². The Morgan fingerprint density at radius 1 is 1.50 bits per heavy atom. The van der Waals surface area contributed by atoms with Gasteiger partial charge in [-0.15, -0.1) is 0 Å². The number of benzene rings is 1. The van der Waals surface area contributed by atoms with Gasteiger partial charge in [-0.1, -0.05) is 5.16 Å². The molecule has 104 valence electrons. The lowest BCUT2D eigenvalue weighted by atomic mass is 10.1. The third-order valence-corrected chi connectivity index (χ3v) is 2.57. The minimum absolute atomic E-state index is 0.141. The molecule has 2 aromatic rings. The van der Waals surface area contributed by atoms with Crippen LogP contribution in [0.3, 0.4) is 0 Å². The quantitative estimate of drug-likeness (QED) is 0.635. The van der Waals surface area contributed by atoms with Gasteiger partial charge in [-0.3, -0.25) is 10.1 Å². The van der Waals surface area contributed by atoms with Gasteiger partial charge in [0, 0.05) is 12.1 Å². The number of hydrogen-bond donors (Lipinski definition) is 2. The highest BCUT2D eigenvalue weighted by molar-refractivity contribution is 5.89. The van der Waals surface area contributed by atoms with Crippen molar-refractivity contribution >= 4 is 17.3 Å². The van der Waals surface area contributed by atoms with E-state index in [-0.39, 0.29) is 23.5 Å². The molecule has 2 rings (SSSR count). The zero-order chi connectivity index (χ0) is 14.7. The maximum atomic E-state index is 10.9. The van der Waals surface area contributed by atoms with Crippen molar-refractivity contribution in [3.63, 3.8) is 0 Å². The molecule has 20 heavy (non-hydrogen) atoms. The highest BCUT2D eigenvalue weighted by Gasteiger charge is 2.17. The lowest BCUT2D eigenvalue weighted by Gasteiger charge is -2.05. The van der Waals surface area contributed by atoms with Crippen LogP contribution < -0.4 is 5.32 Å². The van der Waals surface area contributed by atoms with Gasteiger partial charge in [0.05, 0.1) is 22.7 Å². The summed E-state index contributed by atoms with van der Waals surface area (Å²) in [7, 11) is 0. The molecule has 8 nitrogen and oxygen atoms in total. The number of rotatable bonds is 5. The van der Waals surface area contributed by atoms with E-state index in [0.29, 0.717) is 11.5 Å². The van der Waals surface area contributed by atoms with E-state index in [2.05, 4.69) is 10.5 Å². The number of nitro benzene ring substituents is 1. The third-order valence-electron chi connectivity index (χ3n) is 2.57. The SMILES string of the molecule is Cc1cc(CNc2ccc(C(=O)O)cc2[N+](=O)[O-])on1. The Kier molecular flexibility index (Phi) is 3.65. The number of anilines is 1. The summed E-state index contributed by atoms with van der Waals surface area (Å²) in [6, 6.07) is 5.36. The predicted octanol–water partition coefficient (Wildman–Crippen LogP) is 2.20. The molecule has 0 saturated carbocycles. The topological polar surface area (TPSA) is 118 Å². The first-order valence-corrected chi connectivity index (χ1v) is 5.65. The summed E-state index contributed by atoms with van der Waals surface area (Å²) in [4.78, 5) is 21.1. The van der Waals surface area contributed by atoms with Crippen LogP contribution in [-0.2, 0) is 6.54 Å². The van der Waals surface area contributed by atoms with Crippen molar-refractivity contribution in [2.75, 3.05) is 5.32 Å². The lowest BCUT2D eigenvalue weighted by molar-refractivity contribution is -0.384. The number of nitro groups is 1. The fraction of sp³-hybridized carbons (Fsp3) is 0.167.